The Hall–Kier alpha value is -2.00. The molecule has 5 aliphatic rings. The fourth-order valence-corrected chi connectivity index (χ4v) is 10.1. The van der Waals surface area contributed by atoms with Crippen molar-refractivity contribution < 1.29 is 59.9 Å². The van der Waals surface area contributed by atoms with E-state index in [1.807, 2.05) is 26.8 Å². The molecule has 1 heterocycles. The number of Topliss-reactive ketones (excluding diaryl/α,β-unsaturated/α-hetero) is 2. The van der Waals surface area contributed by atoms with Gasteiger partial charge in [0, 0.05) is 23.7 Å². The molecule has 0 radical (unpaired) electrons. The number of ether oxygens (including phenoxy) is 2. The molecule has 0 spiro atoms. The highest BCUT2D eigenvalue weighted by molar-refractivity contribution is 6.02. The van der Waals surface area contributed by atoms with E-state index in [2.05, 4.69) is 0 Å². The van der Waals surface area contributed by atoms with Gasteiger partial charge in [0.1, 0.15) is 36.3 Å². The standard InChI is InChI=1S/C36H54O12/c1-31(2,45)12-11-23(39)36(8,46)28-19(38)14-33(5)22-10-9-17-18(35(22,7)24(40)15-34(28,33)6)13-20(29(44)32(17,3)4)47-30-27(43)26(42)25(41)21(16-37)48-30/h9,11-13,18-19,21-23,25-28,30,37-39,41-43,45-46H,10,14-16H2,1-8H3/b12-11+/t18-,19-,21-,22+,23-,25-,26+,27-,28+,30-,33+,34-,35+,36+/m1/s1. The third kappa shape index (κ3) is 5.29. The Bertz CT molecular complexity index is 1410. The number of aliphatic hydroxyl groups excluding tert-OH is 6. The summed E-state index contributed by atoms with van der Waals surface area (Å²) >= 11 is 0. The minimum Gasteiger partial charge on any atom is -0.459 e. The van der Waals surface area contributed by atoms with Crippen LogP contribution in [0.2, 0.25) is 0 Å². The summed E-state index contributed by atoms with van der Waals surface area (Å²) in [6.07, 6.45) is -3.48. The average Bonchev–Trinajstić information content (AvgIpc) is 3.19. The Balaban J connectivity index is 1.55. The number of aliphatic hydroxyl groups is 8. The van der Waals surface area contributed by atoms with Gasteiger partial charge in [-0.15, -0.1) is 0 Å². The lowest BCUT2D eigenvalue weighted by Gasteiger charge is -2.64. The van der Waals surface area contributed by atoms with E-state index in [1.54, 1.807) is 19.9 Å². The highest BCUT2D eigenvalue weighted by Crippen LogP contribution is 2.74. The quantitative estimate of drug-likeness (QED) is 0.175. The van der Waals surface area contributed by atoms with E-state index in [9.17, 15) is 50.4 Å². The molecule has 1 aliphatic heterocycles. The third-order valence-electron chi connectivity index (χ3n) is 13.0. The zero-order valence-electron chi connectivity index (χ0n) is 29.1. The molecule has 0 aromatic rings. The Labute approximate surface area is 281 Å². The van der Waals surface area contributed by atoms with Crippen LogP contribution in [0.4, 0.5) is 0 Å². The first-order valence-corrected chi connectivity index (χ1v) is 16.9. The minimum absolute atomic E-state index is 0.0226. The van der Waals surface area contributed by atoms with Crippen LogP contribution in [0.1, 0.15) is 74.7 Å². The number of allylic oxidation sites excluding steroid dienone is 4. The smallest absolute Gasteiger partial charge is 0.229 e. The summed E-state index contributed by atoms with van der Waals surface area (Å²) < 4.78 is 11.5. The van der Waals surface area contributed by atoms with Crippen LogP contribution in [0.15, 0.2) is 35.6 Å². The van der Waals surface area contributed by atoms with Crippen molar-refractivity contribution in [2.24, 2.45) is 39.4 Å². The summed E-state index contributed by atoms with van der Waals surface area (Å²) in [5.74, 6) is -2.63. The molecule has 12 heteroatoms. The first-order chi connectivity index (χ1) is 21.9. The van der Waals surface area contributed by atoms with Crippen LogP contribution in [0.5, 0.6) is 0 Å². The second-order valence-corrected chi connectivity index (χ2v) is 16.9. The zero-order valence-corrected chi connectivity index (χ0v) is 29.1. The van der Waals surface area contributed by atoms with Crippen LogP contribution in [-0.4, -0.2) is 113 Å². The van der Waals surface area contributed by atoms with Gasteiger partial charge in [-0.3, -0.25) is 9.59 Å². The lowest BCUT2D eigenvalue weighted by molar-refractivity contribution is -0.291. The summed E-state index contributed by atoms with van der Waals surface area (Å²) in [7, 11) is 0. The largest absolute Gasteiger partial charge is 0.459 e. The summed E-state index contributed by atoms with van der Waals surface area (Å²) in [5, 5.41) is 85.7. The Morgan fingerprint density at radius 3 is 2.21 bits per heavy atom. The van der Waals surface area contributed by atoms with Gasteiger partial charge >= 0.3 is 0 Å². The summed E-state index contributed by atoms with van der Waals surface area (Å²) in [6, 6.07) is 0. The van der Waals surface area contributed by atoms with Gasteiger partial charge < -0.3 is 50.3 Å². The number of ketones is 2. The molecule has 2 saturated carbocycles. The van der Waals surface area contributed by atoms with Crippen molar-refractivity contribution in [1.29, 1.82) is 0 Å². The lowest BCUT2D eigenvalue weighted by atomic mass is 9.39. The van der Waals surface area contributed by atoms with E-state index in [4.69, 9.17) is 9.47 Å². The van der Waals surface area contributed by atoms with Crippen molar-refractivity contribution >= 4 is 11.6 Å². The lowest BCUT2D eigenvalue weighted by Crippen LogP contribution is -2.64. The molecule has 0 bridgehead atoms. The van der Waals surface area contributed by atoms with Gasteiger partial charge in [-0.2, -0.15) is 0 Å². The van der Waals surface area contributed by atoms with Crippen molar-refractivity contribution in [1.82, 2.24) is 0 Å². The maximum absolute atomic E-state index is 14.7. The monoisotopic (exact) mass is 678 g/mol. The number of hydrogen-bond acceptors (Lipinski definition) is 12. The molecule has 0 amide bonds. The number of fused-ring (bicyclic) bond motifs is 5. The van der Waals surface area contributed by atoms with Gasteiger partial charge in [0.2, 0.25) is 12.1 Å². The van der Waals surface area contributed by atoms with Crippen molar-refractivity contribution in [3.05, 3.63) is 35.6 Å². The molecule has 0 aromatic carbocycles. The first-order valence-electron chi connectivity index (χ1n) is 16.9. The Morgan fingerprint density at radius 1 is 1.00 bits per heavy atom. The summed E-state index contributed by atoms with van der Waals surface area (Å²) in [4.78, 5) is 28.6. The first kappa shape index (κ1) is 37.3. The van der Waals surface area contributed by atoms with Crippen LogP contribution in [0.3, 0.4) is 0 Å². The molecular formula is C36H54O12. The van der Waals surface area contributed by atoms with Crippen molar-refractivity contribution in [3.63, 3.8) is 0 Å². The molecule has 12 nitrogen and oxygen atoms in total. The maximum Gasteiger partial charge on any atom is 0.229 e. The van der Waals surface area contributed by atoms with Crippen LogP contribution in [0.25, 0.3) is 0 Å². The summed E-state index contributed by atoms with van der Waals surface area (Å²) in [5.41, 5.74) is -6.25. The second-order valence-electron chi connectivity index (χ2n) is 16.9. The fourth-order valence-electron chi connectivity index (χ4n) is 10.1. The van der Waals surface area contributed by atoms with Crippen LogP contribution < -0.4 is 0 Å². The van der Waals surface area contributed by atoms with E-state index < -0.39 is 100 Å². The number of carbonyl (C=O) groups is 2. The average molecular weight is 679 g/mol. The SMILES string of the molecule is CC(C)(O)/C=C/[C@@H](O)[C@](C)(O)[C@H]1[C@H](O)C[C@@]2(C)[C@@H]3CC=C4[C@@H](C=C(O[C@@H]5O[C@H](CO)[C@@H](O)[C@H](O)[C@H]5O)C(=O)C4(C)C)[C@]3(C)C(=O)C[C@]12C. The number of hydrogen-bond donors (Lipinski definition) is 8. The van der Waals surface area contributed by atoms with Gasteiger partial charge in [-0.25, -0.2) is 0 Å². The number of rotatable bonds is 7. The van der Waals surface area contributed by atoms with Crippen LogP contribution in [-0.2, 0) is 19.1 Å². The maximum atomic E-state index is 14.7. The molecule has 1 saturated heterocycles. The summed E-state index contributed by atoms with van der Waals surface area (Å²) in [6.45, 7) is 13.1. The Morgan fingerprint density at radius 2 is 1.62 bits per heavy atom. The van der Waals surface area contributed by atoms with Gasteiger partial charge in [0.05, 0.1) is 29.3 Å². The van der Waals surface area contributed by atoms with Gasteiger partial charge in [0.25, 0.3) is 0 Å². The molecule has 14 atom stereocenters. The molecule has 48 heavy (non-hydrogen) atoms. The predicted octanol–water partition coefficient (Wildman–Crippen LogP) is 0.670. The second kappa shape index (κ2) is 11.8. The molecule has 270 valence electrons. The Kier molecular flexibility index (Phi) is 9.14. The molecule has 0 unspecified atom stereocenters. The minimum atomic E-state index is -1.86. The highest BCUT2D eigenvalue weighted by Gasteiger charge is 2.74. The fraction of sp³-hybridized carbons (Fsp3) is 0.778. The van der Waals surface area contributed by atoms with Crippen molar-refractivity contribution in [2.45, 2.75) is 129 Å². The topological polar surface area (TPSA) is 214 Å². The van der Waals surface area contributed by atoms with E-state index >= 15 is 0 Å². The molecule has 5 rings (SSSR count). The van der Waals surface area contributed by atoms with Crippen molar-refractivity contribution in [2.75, 3.05) is 6.61 Å². The number of carbonyl (C=O) groups excluding carboxylic acids is 2. The van der Waals surface area contributed by atoms with Gasteiger partial charge in [0.15, 0.2) is 5.76 Å². The van der Waals surface area contributed by atoms with Gasteiger partial charge in [-0.05, 0) is 70.3 Å². The highest BCUT2D eigenvalue weighted by atomic mass is 16.7. The van der Waals surface area contributed by atoms with Crippen LogP contribution in [0, 0.1) is 39.4 Å². The normalized spacial score (nSPS) is 46.2. The van der Waals surface area contributed by atoms with E-state index in [-0.39, 0.29) is 30.3 Å². The van der Waals surface area contributed by atoms with E-state index in [0.29, 0.717) is 6.42 Å². The van der Waals surface area contributed by atoms with Crippen LogP contribution >= 0.6 is 0 Å². The molecular weight excluding hydrogens is 624 g/mol. The third-order valence-corrected chi connectivity index (χ3v) is 13.0. The van der Waals surface area contributed by atoms with E-state index in [0.717, 1.165) is 5.57 Å². The molecule has 4 aliphatic carbocycles. The predicted molar refractivity (Wildman–Crippen MR) is 172 cm³/mol. The van der Waals surface area contributed by atoms with E-state index in [1.165, 1.54) is 32.9 Å². The van der Waals surface area contributed by atoms with Crippen molar-refractivity contribution in [3.8, 4) is 0 Å². The van der Waals surface area contributed by atoms with Gasteiger partial charge in [-0.1, -0.05) is 44.6 Å². The molecule has 3 fully saturated rings. The molecule has 0 aromatic heterocycles. The zero-order chi connectivity index (χ0) is 36.2. The molecule has 8 N–H and O–H groups in total.